The molecule has 0 radical (unpaired) electrons. The third-order valence-corrected chi connectivity index (χ3v) is 4.13. The Morgan fingerprint density at radius 2 is 2.08 bits per heavy atom. The number of imidazole rings is 1. The second kappa shape index (κ2) is 7.14. The van der Waals surface area contributed by atoms with Gasteiger partial charge in [0.2, 0.25) is 5.91 Å². The van der Waals surface area contributed by atoms with Crippen LogP contribution in [0.2, 0.25) is 0 Å². The van der Waals surface area contributed by atoms with E-state index in [0.29, 0.717) is 12.2 Å². The van der Waals surface area contributed by atoms with Gasteiger partial charge < -0.3 is 10.1 Å². The lowest BCUT2D eigenvalue weighted by atomic mass is 10.2. The molecule has 2 amide bonds. The summed E-state index contributed by atoms with van der Waals surface area (Å²) in [7, 11) is 1.31. The molecule has 3 aromatic rings. The van der Waals surface area contributed by atoms with Gasteiger partial charge in [-0.25, -0.2) is 9.78 Å². The summed E-state index contributed by atoms with van der Waals surface area (Å²) in [5.74, 6) is -0.0856. The number of benzene rings is 1. The zero-order valence-corrected chi connectivity index (χ0v) is 13.8. The molecule has 0 saturated heterocycles. The zero-order chi connectivity index (χ0) is 16.9. The summed E-state index contributed by atoms with van der Waals surface area (Å²) >= 11 is 1.53. The minimum Gasteiger partial charge on any atom is -0.453 e. The van der Waals surface area contributed by atoms with Crippen molar-refractivity contribution >= 4 is 34.0 Å². The average Bonchev–Trinajstić information content (AvgIpc) is 3.15. The number of fused-ring (bicyclic) bond motifs is 1. The van der Waals surface area contributed by atoms with Gasteiger partial charge in [0.1, 0.15) is 0 Å². The molecule has 2 aromatic heterocycles. The van der Waals surface area contributed by atoms with E-state index >= 15 is 0 Å². The maximum Gasteiger partial charge on any atom is 0.411 e. The Morgan fingerprint density at radius 1 is 1.29 bits per heavy atom. The monoisotopic (exact) mass is 344 g/mol. The molecule has 0 aliphatic carbocycles. The number of thiazole rings is 1. The number of methoxy groups -OCH3 is 1. The standard InChI is InChI=1S/C16H16N4O3S/c1-23-16(22)19-12-4-2-11(3-5-12)9-17-14(21)8-13-10-20-6-7-24-15(20)18-13/h2-7,10H,8-9H2,1H3,(H,17,21)(H,19,22). The summed E-state index contributed by atoms with van der Waals surface area (Å²) in [6.45, 7) is 0.416. The molecule has 7 nitrogen and oxygen atoms in total. The number of carbonyl (C=O) groups excluding carboxylic acids is 2. The Morgan fingerprint density at radius 3 is 2.79 bits per heavy atom. The van der Waals surface area contributed by atoms with Crippen LogP contribution in [0.15, 0.2) is 42.0 Å². The first-order valence-corrected chi connectivity index (χ1v) is 8.13. The van der Waals surface area contributed by atoms with Crippen LogP contribution in [0.4, 0.5) is 10.5 Å². The molecule has 0 aliphatic heterocycles. The van der Waals surface area contributed by atoms with E-state index in [-0.39, 0.29) is 12.3 Å². The first-order chi connectivity index (χ1) is 11.6. The lowest BCUT2D eigenvalue weighted by molar-refractivity contribution is -0.120. The average molecular weight is 344 g/mol. The van der Waals surface area contributed by atoms with Crippen molar-refractivity contribution < 1.29 is 14.3 Å². The number of aromatic nitrogens is 2. The smallest absolute Gasteiger partial charge is 0.411 e. The van der Waals surface area contributed by atoms with Crippen LogP contribution in [0.1, 0.15) is 11.3 Å². The van der Waals surface area contributed by atoms with E-state index in [2.05, 4.69) is 20.4 Å². The fourth-order valence-electron chi connectivity index (χ4n) is 2.16. The maximum absolute atomic E-state index is 12.0. The number of nitrogens with zero attached hydrogens (tertiary/aromatic N) is 2. The molecule has 0 atom stereocenters. The summed E-state index contributed by atoms with van der Waals surface area (Å²) < 4.78 is 6.43. The van der Waals surface area contributed by atoms with Crippen molar-refractivity contribution in [2.24, 2.45) is 0 Å². The molecule has 0 aliphatic rings. The first-order valence-electron chi connectivity index (χ1n) is 7.26. The molecule has 0 unspecified atom stereocenters. The van der Waals surface area contributed by atoms with Gasteiger partial charge in [-0.15, -0.1) is 11.3 Å². The van der Waals surface area contributed by atoms with Crippen molar-refractivity contribution in [3.05, 3.63) is 53.3 Å². The van der Waals surface area contributed by atoms with Crippen LogP contribution in [-0.4, -0.2) is 28.5 Å². The van der Waals surface area contributed by atoms with E-state index in [9.17, 15) is 9.59 Å². The number of hydrogen-bond acceptors (Lipinski definition) is 5. The number of amides is 2. The third-order valence-electron chi connectivity index (χ3n) is 3.36. The molecule has 3 rings (SSSR count). The van der Waals surface area contributed by atoms with Crippen molar-refractivity contribution in [2.45, 2.75) is 13.0 Å². The molecule has 8 heteroatoms. The normalized spacial score (nSPS) is 10.5. The third kappa shape index (κ3) is 3.90. The second-order valence-corrected chi connectivity index (χ2v) is 5.97. The Labute approximate surface area is 142 Å². The van der Waals surface area contributed by atoms with Gasteiger partial charge in [0, 0.05) is 30.0 Å². The maximum atomic E-state index is 12.0. The molecule has 2 heterocycles. The second-order valence-electron chi connectivity index (χ2n) is 5.09. The minimum absolute atomic E-state index is 0.0856. The summed E-state index contributed by atoms with van der Waals surface area (Å²) in [5.41, 5.74) is 2.32. The molecule has 0 fully saturated rings. The summed E-state index contributed by atoms with van der Waals surface area (Å²) in [6.07, 6.45) is 3.50. The number of ether oxygens (including phenoxy) is 1. The SMILES string of the molecule is COC(=O)Nc1ccc(CNC(=O)Cc2cn3ccsc3n2)cc1. The van der Waals surface area contributed by atoms with Crippen molar-refractivity contribution in [3.8, 4) is 0 Å². The molecule has 1 aromatic carbocycles. The predicted molar refractivity (Wildman–Crippen MR) is 91.1 cm³/mol. The van der Waals surface area contributed by atoms with Crippen LogP contribution in [0.5, 0.6) is 0 Å². The minimum atomic E-state index is -0.518. The van der Waals surface area contributed by atoms with E-state index in [1.807, 2.05) is 34.3 Å². The lowest BCUT2D eigenvalue weighted by Crippen LogP contribution is -2.24. The predicted octanol–water partition coefficient (Wildman–Crippen LogP) is 2.43. The van der Waals surface area contributed by atoms with E-state index in [4.69, 9.17) is 0 Å². The highest BCUT2D eigenvalue weighted by Crippen LogP contribution is 2.12. The summed E-state index contributed by atoms with van der Waals surface area (Å²) in [5, 5.41) is 7.38. The van der Waals surface area contributed by atoms with E-state index in [1.165, 1.54) is 18.4 Å². The van der Waals surface area contributed by atoms with Crippen LogP contribution in [-0.2, 0) is 22.5 Å². The van der Waals surface area contributed by atoms with Gasteiger partial charge in [-0.3, -0.25) is 14.5 Å². The Balaban J connectivity index is 1.50. The van der Waals surface area contributed by atoms with Gasteiger partial charge in [0.15, 0.2) is 4.96 Å². The largest absolute Gasteiger partial charge is 0.453 e. The van der Waals surface area contributed by atoms with Crippen molar-refractivity contribution in [1.29, 1.82) is 0 Å². The fraction of sp³-hybridized carbons (Fsp3) is 0.188. The molecule has 0 saturated carbocycles. The van der Waals surface area contributed by atoms with Crippen LogP contribution in [0.3, 0.4) is 0 Å². The molecule has 0 bridgehead atoms. The quantitative estimate of drug-likeness (QED) is 0.744. The van der Waals surface area contributed by atoms with E-state index < -0.39 is 6.09 Å². The Hall–Kier alpha value is -2.87. The highest BCUT2D eigenvalue weighted by molar-refractivity contribution is 7.15. The molecule has 24 heavy (non-hydrogen) atoms. The van der Waals surface area contributed by atoms with Crippen LogP contribution in [0, 0.1) is 0 Å². The van der Waals surface area contributed by atoms with Crippen LogP contribution >= 0.6 is 11.3 Å². The highest BCUT2D eigenvalue weighted by atomic mass is 32.1. The van der Waals surface area contributed by atoms with Gasteiger partial charge in [0.25, 0.3) is 0 Å². The number of anilines is 1. The zero-order valence-electron chi connectivity index (χ0n) is 13.0. The van der Waals surface area contributed by atoms with Crippen LogP contribution in [0.25, 0.3) is 4.96 Å². The molecule has 0 spiro atoms. The molecular weight excluding hydrogens is 328 g/mol. The van der Waals surface area contributed by atoms with Crippen molar-refractivity contribution in [2.75, 3.05) is 12.4 Å². The number of hydrogen-bond donors (Lipinski definition) is 2. The molecule has 2 N–H and O–H groups in total. The Kier molecular flexibility index (Phi) is 4.76. The van der Waals surface area contributed by atoms with Gasteiger partial charge in [-0.2, -0.15) is 0 Å². The first kappa shape index (κ1) is 16.0. The van der Waals surface area contributed by atoms with E-state index in [0.717, 1.165) is 16.2 Å². The fourth-order valence-corrected chi connectivity index (χ4v) is 2.88. The topological polar surface area (TPSA) is 84.7 Å². The summed E-state index contributed by atoms with van der Waals surface area (Å²) in [4.78, 5) is 28.4. The number of nitrogens with one attached hydrogen (secondary N) is 2. The lowest BCUT2D eigenvalue weighted by Gasteiger charge is -2.07. The summed E-state index contributed by atoms with van der Waals surface area (Å²) in [6, 6.07) is 7.17. The van der Waals surface area contributed by atoms with Crippen molar-refractivity contribution in [3.63, 3.8) is 0 Å². The van der Waals surface area contributed by atoms with Gasteiger partial charge in [-0.05, 0) is 17.7 Å². The van der Waals surface area contributed by atoms with Gasteiger partial charge >= 0.3 is 6.09 Å². The number of rotatable bonds is 5. The van der Waals surface area contributed by atoms with E-state index in [1.54, 1.807) is 12.1 Å². The molecular formula is C16H16N4O3S. The Bertz CT molecular complexity index is 825. The van der Waals surface area contributed by atoms with Crippen molar-refractivity contribution in [1.82, 2.24) is 14.7 Å². The van der Waals surface area contributed by atoms with Gasteiger partial charge in [0.05, 0.1) is 19.2 Å². The van der Waals surface area contributed by atoms with Gasteiger partial charge in [-0.1, -0.05) is 12.1 Å². The molecule has 124 valence electrons. The van der Waals surface area contributed by atoms with Crippen LogP contribution < -0.4 is 10.6 Å². The number of carbonyl (C=O) groups is 2. The highest BCUT2D eigenvalue weighted by Gasteiger charge is 2.08.